The number of nitriles is 1. The molecule has 0 radical (unpaired) electrons. The lowest BCUT2D eigenvalue weighted by atomic mass is 10.1. The van der Waals surface area contributed by atoms with Crippen molar-refractivity contribution in [3.63, 3.8) is 0 Å². The van der Waals surface area contributed by atoms with Crippen molar-refractivity contribution in [1.29, 1.82) is 5.26 Å². The Morgan fingerprint density at radius 2 is 2.05 bits per heavy atom. The Bertz CT molecular complexity index is 693. The molecule has 0 spiro atoms. The molecule has 0 aliphatic rings. The molecule has 0 heterocycles. The maximum Gasteiger partial charge on any atom is 0.165 e. The molecule has 1 atom stereocenters. The van der Waals surface area contributed by atoms with E-state index in [4.69, 9.17) is 10.00 Å². The second-order valence-corrected chi connectivity index (χ2v) is 4.54. The first-order valence-corrected chi connectivity index (χ1v) is 6.30. The maximum atomic E-state index is 13.8. The van der Waals surface area contributed by atoms with Crippen molar-refractivity contribution in [2.45, 2.75) is 19.6 Å². The van der Waals surface area contributed by atoms with Crippen molar-refractivity contribution < 1.29 is 18.6 Å². The Balaban J connectivity index is 2.16. The van der Waals surface area contributed by atoms with Gasteiger partial charge in [0.15, 0.2) is 11.6 Å². The molecule has 0 saturated heterocycles. The van der Waals surface area contributed by atoms with Gasteiger partial charge in [-0.1, -0.05) is 18.2 Å². The topological polar surface area (TPSA) is 53.2 Å². The lowest BCUT2D eigenvalue weighted by Gasteiger charge is -2.11. The summed E-state index contributed by atoms with van der Waals surface area (Å²) in [7, 11) is 0. The van der Waals surface area contributed by atoms with Crippen molar-refractivity contribution in [2.75, 3.05) is 0 Å². The minimum atomic E-state index is -0.779. The Morgan fingerprint density at radius 1 is 1.29 bits per heavy atom. The van der Waals surface area contributed by atoms with Gasteiger partial charge in [0.25, 0.3) is 0 Å². The van der Waals surface area contributed by atoms with Gasteiger partial charge in [-0.25, -0.2) is 8.78 Å². The normalized spacial score (nSPS) is 11.8. The highest BCUT2D eigenvalue weighted by atomic mass is 19.1. The molecule has 108 valence electrons. The summed E-state index contributed by atoms with van der Waals surface area (Å²) < 4.78 is 32.8. The Hall–Kier alpha value is -2.45. The number of hydrogen-bond acceptors (Lipinski definition) is 3. The van der Waals surface area contributed by atoms with Crippen molar-refractivity contribution in [1.82, 2.24) is 0 Å². The number of aliphatic hydroxyl groups is 1. The number of benzene rings is 2. The third-order valence-electron chi connectivity index (χ3n) is 3.02. The van der Waals surface area contributed by atoms with Crippen LogP contribution in [0.5, 0.6) is 5.75 Å². The van der Waals surface area contributed by atoms with Gasteiger partial charge in [0.2, 0.25) is 0 Å². The largest absolute Gasteiger partial charge is 0.486 e. The van der Waals surface area contributed by atoms with Crippen LogP contribution in [-0.2, 0) is 6.61 Å². The van der Waals surface area contributed by atoms with Gasteiger partial charge in [0.05, 0.1) is 11.7 Å². The monoisotopic (exact) mass is 289 g/mol. The van der Waals surface area contributed by atoms with Gasteiger partial charge in [-0.2, -0.15) is 5.26 Å². The predicted molar refractivity (Wildman–Crippen MR) is 72.5 cm³/mol. The molecule has 0 aliphatic heterocycles. The maximum absolute atomic E-state index is 13.8. The summed E-state index contributed by atoms with van der Waals surface area (Å²) in [5, 5.41) is 18.1. The van der Waals surface area contributed by atoms with Gasteiger partial charge >= 0.3 is 0 Å². The van der Waals surface area contributed by atoms with Gasteiger partial charge in [0, 0.05) is 5.56 Å². The lowest BCUT2D eigenvalue weighted by molar-refractivity contribution is 0.198. The molecule has 2 rings (SSSR count). The van der Waals surface area contributed by atoms with Crippen LogP contribution in [-0.4, -0.2) is 5.11 Å². The molecule has 1 N–H and O–H groups in total. The van der Waals surface area contributed by atoms with Gasteiger partial charge in [-0.15, -0.1) is 0 Å². The Morgan fingerprint density at radius 3 is 2.67 bits per heavy atom. The van der Waals surface area contributed by atoms with Crippen LogP contribution in [0.15, 0.2) is 36.4 Å². The van der Waals surface area contributed by atoms with Crippen LogP contribution in [0, 0.1) is 23.0 Å². The molecule has 0 unspecified atom stereocenters. The summed E-state index contributed by atoms with van der Waals surface area (Å²) in [4.78, 5) is 0. The molecule has 0 aliphatic carbocycles. The third-order valence-corrected chi connectivity index (χ3v) is 3.02. The summed E-state index contributed by atoms with van der Waals surface area (Å²) in [6, 6.07) is 10.2. The van der Waals surface area contributed by atoms with E-state index in [-0.39, 0.29) is 23.5 Å². The molecule has 0 aromatic heterocycles. The molecule has 0 bridgehead atoms. The number of ether oxygens (including phenoxy) is 1. The number of nitrogens with zero attached hydrogens (tertiary/aromatic N) is 1. The molecule has 2 aromatic rings. The van der Waals surface area contributed by atoms with Gasteiger partial charge in [-0.05, 0) is 30.7 Å². The van der Waals surface area contributed by atoms with E-state index in [1.807, 2.05) is 0 Å². The molecule has 2 aromatic carbocycles. The average Bonchev–Trinajstić information content (AvgIpc) is 2.47. The van der Waals surface area contributed by atoms with Gasteiger partial charge in [-0.3, -0.25) is 0 Å². The summed E-state index contributed by atoms with van der Waals surface area (Å²) in [6.45, 7) is 1.34. The van der Waals surface area contributed by atoms with E-state index >= 15 is 0 Å². The van der Waals surface area contributed by atoms with Crippen molar-refractivity contribution in [3.05, 3.63) is 64.7 Å². The summed E-state index contributed by atoms with van der Waals surface area (Å²) >= 11 is 0. The van der Waals surface area contributed by atoms with Crippen molar-refractivity contribution >= 4 is 0 Å². The first-order valence-electron chi connectivity index (χ1n) is 6.30. The fourth-order valence-electron chi connectivity index (χ4n) is 1.83. The van der Waals surface area contributed by atoms with Crippen LogP contribution in [0.2, 0.25) is 0 Å². The van der Waals surface area contributed by atoms with E-state index in [1.165, 1.54) is 43.3 Å². The highest BCUT2D eigenvalue weighted by molar-refractivity contribution is 5.35. The zero-order valence-corrected chi connectivity index (χ0v) is 11.3. The minimum absolute atomic E-state index is 0.0406. The highest BCUT2D eigenvalue weighted by Gasteiger charge is 2.11. The second-order valence-electron chi connectivity index (χ2n) is 4.54. The van der Waals surface area contributed by atoms with E-state index < -0.39 is 17.7 Å². The average molecular weight is 289 g/mol. The standard InChI is InChI=1S/C16H13F2NO2/c1-10(20)11-5-6-15(14(17)7-11)21-9-13-4-2-3-12(8-19)16(13)18/h2-7,10,20H,9H2,1H3/t10-/m0/s1. The van der Waals surface area contributed by atoms with Gasteiger partial charge in [0.1, 0.15) is 18.5 Å². The quantitative estimate of drug-likeness (QED) is 0.937. The number of aliphatic hydroxyl groups excluding tert-OH is 1. The number of hydrogen-bond donors (Lipinski definition) is 1. The number of halogens is 2. The zero-order chi connectivity index (χ0) is 15.4. The molecule has 0 saturated carbocycles. The number of rotatable bonds is 4. The van der Waals surface area contributed by atoms with Crippen molar-refractivity contribution in [2.24, 2.45) is 0 Å². The molecule has 0 fully saturated rings. The summed E-state index contributed by atoms with van der Waals surface area (Å²) in [5.41, 5.74) is 0.520. The van der Waals surface area contributed by atoms with E-state index in [0.717, 1.165) is 0 Å². The fourth-order valence-corrected chi connectivity index (χ4v) is 1.83. The third kappa shape index (κ3) is 3.36. The SMILES string of the molecule is C[C@H](O)c1ccc(OCc2cccc(C#N)c2F)c(F)c1. The van der Waals surface area contributed by atoms with E-state index in [0.29, 0.717) is 5.56 Å². The van der Waals surface area contributed by atoms with E-state index in [9.17, 15) is 13.9 Å². The highest BCUT2D eigenvalue weighted by Crippen LogP contribution is 2.23. The van der Waals surface area contributed by atoms with Gasteiger partial charge < -0.3 is 9.84 Å². The molecule has 5 heteroatoms. The molecule has 3 nitrogen and oxygen atoms in total. The van der Waals surface area contributed by atoms with Crippen LogP contribution >= 0.6 is 0 Å². The minimum Gasteiger partial charge on any atom is -0.486 e. The lowest BCUT2D eigenvalue weighted by Crippen LogP contribution is -2.02. The predicted octanol–water partition coefficient (Wildman–Crippen LogP) is 3.47. The van der Waals surface area contributed by atoms with Crippen LogP contribution in [0.4, 0.5) is 8.78 Å². The first kappa shape index (κ1) is 14.9. The second kappa shape index (κ2) is 6.33. The van der Waals surface area contributed by atoms with Crippen LogP contribution in [0.25, 0.3) is 0 Å². The molecular weight excluding hydrogens is 276 g/mol. The molecular formula is C16H13F2NO2. The Kier molecular flexibility index (Phi) is 4.51. The smallest absolute Gasteiger partial charge is 0.165 e. The van der Waals surface area contributed by atoms with E-state index in [1.54, 1.807) is 6.07 Å². The molecule has 21 heavy (non-hydrogen) atoms. The van der Waals surface area contributed by atoms with Crippen LogP contribution < -0.4 is 4.74 Å². The van der Waals surface area contributed by atoms with Crippen LogP contribution in [0.1, 0.15) is 29.7 Å². The summed E-state index contributed by atoms with van der Waals surface area (Å²) in [6.07, 6.45) is -0.779. The zero-order valence-electron chi connectivity index (χ0n) is 11.3. The van der Waals surface area contributed by atoms with E-state index in [2.05, 4.69) is 0 Å². The van der Waals surface area contributed by atoms with Crippen molar-refractivity contribution in [3.8, 4) is 11.8 Å². The first-order chi connectivity index (χ1) is 10.0. The Labute approximate surface area is 121 Å². The van der Waals surface area contributed by atoms with Crippen LogP contribution in [0.3, 0.4) is 0 Å². The fraction of sp³-hybridized carbons (Fsp3) is 0.188. The summed E-state index contributed by atoms with van der Waals surface area (Å²) in [5.74, 6) is -1.34. The molecule has 0 amide bonds.